The number of aromatic nitrogens is 1. The lowest BCUT2D eigenvalue weighted by molar-refractivity contribution is 0.281. The zero-order chi connectivity index (χ0) is 20.2. The van der Waals surface area contributed by atoms with Crippen molar-refractivity contribution in [1.29, 1.82) is 0 Å². The largest absolute Gasteiger partial charge is 0.396 e. The molecular formula is C24H35N3OS. The number of hydrogen-bond acceptors (Lipinski definition) is 5. The Bertz CT molecular complexity index is 797. The van der Waals surface area contributed by atoms with E-state index in [9.17, 15) is 0 Å². The first-order valence-electron chi connectivity index (χ1n) is 11.3. The third-order valence-electron chi connectivity index (χ3n) is 6.75. The number of thiazole rings is 1. The normalized spacial score (nSPS) is 22.7. The van der Waals surface area contributed by atoms with Crippen LogP contribution in [-0.4, -0.2) is 42.4 Å². The highest BCUT2D eigenvalue weighted by Crippen LogP contribution is 2.40. The highest BCUT2D eigenvalue weighted by Gasteiger charge is 2.24. The second-order valence-electron chi connectivity index (χ2n) is 8.88. The Labute approximate surface area is 179 Å². The Hall–Kier alpha value is -1.43. The summed E-state index contributed by atoms with van der Waals surface area (Å²) in [4.78, 5) is 7.45. The first-order chi connectivity index (χ1) is 14.2. The molecule has 1 aliphatic heterocycles. The van der Waals surface area contributed by atoms with E-state index in [-0.39, 0.29) is 0 Å². The molecule has 0 saturated carbocycles. The zero-order valence-electron chi connectivity index (χ0n) is 17.9. The van der Waals surface area contributed by atoms with Crippen molar-refractivity contribution in [3.8, 4) is 11.3 Å². The van der Waals surface area contributed by atoms with Gasteiger partial charge < -0.3 is 15.3 Å². The fourth-order valence-electron chi connectivity index (χ4n) is 4.78. The maximum atomic E-state index is 8.89. The van der Waals surface area contributed by atoms with Crippen LogP contribution in [0.3, 0.4) is 0 Å². The van der Waals surface area contributed by atoms with Gasteiger partial charge in [0.25, 0.3) is 0 Å². The molecule has 1 aromatic carbocycles. The SMILES string of the molecule is C[C@H]1CC[C@H](C)c2cc(-c3csc(N4CCC(NCCCCO)CC4)n3)ccc21. The first-order valence-corrected chi connectivity index (χ1v) is 12.2. The van der Waals surface area contributed by atoms with Crippen LogP contribution in [0, 0.1) is 0 Å². The van der Waals surface area contributed by atoms with E-state index >= 15 is 0 Å². The fourth-order valence-corrected chi connectivity index (χ4v) is 5.67. The van der Waals surface area contributed by atoms with Crippen LogP contribution in [0.2, 0.25) is 0 Å². The van der Waals surface area contributed by atoms with Crippen molar-refractivity contribution in [2.45, 2.75) is 70.3 Å². The number of aliphatic hydroxyl groups excluding tert-OH is 1. The molecule has 0 amide bonds. The summed E-state index contributed by atoms with van der Waals surface area (Å²) < 4.78 is 0. The molecule has 2 atom stereocenters. The summed E-state index contributed by atoms with van der Waals surface area (Å²) in [5.41, 5.74) is 5.47. The van der Waals surface area contributed by atoms with Crippen molar-refractivity contribution in [3.05, 3.63) is 34.7 Å². The van der Waals surface area contributed by atoms with Crippen molar-refractivity contribution >= 4 is 16.5 Å². The van der Waals surface area contributed by atoms with E-state index in [0.29, 0.717) is 24.5 Å². The molecule has 4 nitrogen and oxygen atoms in total. The molecule has 1 fully saturated rings. The van der Waals surface area contributed by atoms with E-state index in [1.807, 2.05) is 0 Å². The number of aliphatic hydroxyl groups is 1. The van der Waals surface area contributed by atoms with Gasteiger partial charge >= 0.3 is 0 Å². The molecule has 0 unspecified atom stereocenters. The second kappa shape index (κ2) is 9.59. The minimum atomic E-state index is 0.300. The van der Waals surface area contributed by atoms with E-state index in [4.69, 9.17) is 10.1 Å². The maximum Gasteiger partial charge on any atom is 0.185 e. The standard InChI is InChI=1S/C24H35N3OS/c1-17-5-6-18(2)22-15-19(7-8-21(17)22)23-16-29-24(26-23)27-12-9-20(10-13-27)25-11-3-4-14-28/h7-8,15-18,20,25,28H,3-6,9-14H2,1-2H3/t17-,18-/m0/s1. The van der Waals surface area contributed by atoms with Gasteiger partial charge in [0, 0.05) is 36.7 Å². The molecule has 5 heteroatoms. The van der Waals surface area contributed by atoms with Gasteiger partial charge in [-0.15, -0.1) is 11.3 Å². The van der Waals surface area contributed by atoms with Gasteiger partial charge in [-0.3, -0.25) is 0 Å². The van der Waals surface area contributed by atoms with Crippen molar-refractivity contribution in [2.24, 2.45) is 0 Å². The summed E-state index contributed by atoms with van der Waals surface area (Å²) in [6.45, 7) is 8.18. The highest BCUT2D eigenvalue weighted by molar-refractivity contribution is 7.14. The van der Waals surface area contributed by atoms with Crippen molar-refractivity contribution in [3.63, 3.8) is 0 Å². The summed E-state index contributed by atoms with van der Waals surface area (Å²) in [6, 6.07) is 7.62. The Kier molecular flexibility index (Phi) is 6.88. The van der Waals surface area contributed by atoms with Crippen LogP contribution >= 0.6 is 11.3 Å². The minimum Gasteiger partial charge on any atom is -0.396 e. The summed E-state index contributed by atoms with van der Waals surface area (Å²) in [5.74, 6) is 1.34. The number of anilines is 1. The molecule has 1 aromatic heterocycles. The summed E-state index contributed by atoms with van der Waals surface area (Å²) in [5, 5.41) is 15.9. The van der Waals surface area contributed by atoms with E-state index in [1.165, 1.54) is 42.4 Å². The molecule has 2 aromatic rings. The number of piperidine rings is 1. The number of rotatable bonds is 7. The second-order valence-corrected chi connectivity index (χ2v) is 9.72. The molecule has 0 radical (unpaired) electrons. The van der Waals surface area contributed by atoms with Crippen molar-refractivity contribution in [2.75, 3.05) is 31.1 Å². The number of nitrogens with zero attached hydrogens (tertiary/aromatic N) is 2. The molecule has 0 spiro atoms. The van der Waals surface area contributed by atoms with Crippen LogP contribution in [-0.2, 0) is 0 Å². The van der Waals surface area contributed by atoms with Crippen LogP contribution < -0.4 is 10.2 Å². The van der Waals surface area contributed by atoms with Gasteiger partial charge in [0.15, 0.2) is 5.13 Å². The predicted molar refractivity (Wildman–Crippen MR) is 123 cm³/mol. The van der Waals surface area contributed by atoms with E-state index in [2.05, 4.69) is 47.6 Å². The number of benzene rings is 1. The van der Waals surface area contributed by atoms with Crippen molar-refractivity contribution < 1.29 is 5.11 Å². The van der Waals surface area contributed by atoms with Crippen molar-refractivity contribution in [1.82, 2.24) is 10.3 Å². The van der Waals surface area contributed by atoms with Gasteiger partial charge in [-0.05, 0) is 74.1 Å². The molecule has 1 aliphatic carbocycles. The lowest BCUT2D eigenvalue weighted by Crippen LogP contribution is -2.42. The van der Waals surface area contributed by atoms with Gasteiger partial charge in [0.1, 0.15) is 0 Å². The van der Waals surface area contributed by atoms with E-state index in [1.54, 1.807) is 11.3 Å². The molecule has 29 heavy (non-hydrogen) atoms. The third-order valence-corrected chi connectivity index (χ3v) is 7.65. The van der Waals surface area contributed by atoms with Crippen LogP contribution in [0.1, 0.15) is 75.3 Å². The molecular weight excluding hydrogens is 378 g/mol. The van der Waals surface area contributed by atoms with Crippen LogP contribution in [0.5, 0.6) is 0 Å². The van der Waals surface area contributed by atoms with Gasteiger partial charge in [-0.2, -0.15) is 0 Å². The molecule has 158 valence electrons. The highest BCUT2D eigenvalue weighted by atomic mass is 32.1. The average Bonchev–Trinajstić information content (AvgIpc) is 3.24. The Balaban J connectivity index is 1.38. The first kappa shape index (κ1) is 20.8. The molecule has 2 N–H and O–H groups in total. The third kappa shape index (κ3) is 4.84. The quantitative estimate of drug-likeness (QED) is 0.617. The number of hydrogen-bond donors (Lipinski definition) is 2. The summed E-state index contributed by atoms with van der Waals surface area (Å²) in [6.07, 6.45) is 6.90. The average molecular weight is 414 g/mol. The molecule has 0 bridgehead atoms. The lowest BCUT2D eigenvalue weighted by atomic mass is 9.77. The smallest absolute Gasteiger partial charge is 0.185 e. The molecule has 2 heterocycles. The van der Waals surface area contributed by atoms with Gasteiger partial charge in [-0.25, -0.2) is 4.98 Å². The van der Waals surface area contributed by atoms with E-state index in [0.717, 1.165) is 43.3 Å². The van der Waals surface area contributed by atoms with Gasteiger partial charge in [0.2, 0.25) is 0 Å². The van der Waals surface area contributed by atoms with E-state index < -0.39 is 0 Å². The Morgan fingerprint density at radius 3 is 2.59 bits per heavy atom. The van der Waals surface area contributed by atoms with Gasteiger partial charge in [-0.1, -0.05) is 26.0 Å². The topological polar surface area (TPSA) is 48.4 Å². The zero-order valence-corrected chi connectivity index (χ0v) is 18.7. The monoisotopic (exact) mass is 413 g/mol. The van der Waals surface area contributed by atoms with Gasteiger partial charge in [0.05, 0.1) is 5.69 Å². The molecule has 2 aliphatic rings. The maximum absolute atomic E-state index is 8.89. The summed E-state index contributed by atoms with van der Waals surface area (Å²) in [7, 11) is 0. The number of fused-ring (bicyclic) bond motifs is 1. The Morgan fingerprint density at radius 1 is 1.07 bits per heavy atom. The van der Waals surface area contributed by atoms with Crippen LogP contribution in [0.4, 0.5) is 5.13 Å². The molecule has 1 saturated heterocycles. The number of unbranched alkanes of at least 4 members (excludes halogenated alkanes) is 1. The summed E-state index contributed by atoms with van der Waals surface area (Å²) >= 11 is 1.78. The molecule has 4 rings (SSSR count). The predicted octanol–water partition coefficient (Wildman–Crippen LogP) is 5.14. The van der Waals surface area contributed by atoms with Crippen LogP contribution in [0.15, 0.2) is 23.6 Å². The minimum absolute atomic E-state index is 0.300. The fraction of sp³-hybridized carbons (Fsp3) is 0.625. The number of nitrogens with one attached hydrogen (secondary N) is 1. The Morgan fingerprint density at radius 2 is 1.83 bits per heavy atom. The lowest BCUT2D eigenvalue weighted by Gasteiger charge is -2.32. The van der Waals surface area contributed by atoms with Crippen LogP contribution in [0.25, 0.3) is 11.3 Å².